The number of hydrogen-bond donors (Lipinski definition) is 2. The van der Waals surface area contributed by atoms with Crippen LogP contribution in [0.2, 0.25) is 5.02 Å². The topological polar surface area (TPSA) is 47.3 Å². The Morgan fingerprint density at radius 1 is 1.32 bits per heavy atom. The second-order valence-electron chi connectivity index (χ2n) is 4.01. The molecule has 0 aliphatic carbocycles. The smallest absolute Gasteiger partial charge is 0.125 e. The summed E-state index contributed by atoms with van der Waals surface area (Å²) in [7, 11) is 1.63. The van der Waals surface area contributed by atoms with E-state index in [9.17, 15) is 0 Å². The van der Waals surface area contributed by atoms with Crippen LogP contribution in [0.1, 0.15) is 5.56 Å². The Morgan fingerprint density at radius 3 is 2.79 bits per heavy atom. The SMILES string of the molecule is COc1cccc(Cl)c1CNc1ccc(N)cc1Br. The monoisotopic (exact) mass is 340 g/mol. The molecular weight excluding hydrogens is 328 g/mol. The van der Waals surface area contributed by atoms with Gasteiger partial charge >= 0.3 is 0 Å². The maximum absolute atomic E-state index is 6.19. The van der Waals surface area contributed by atoms with Gasteiger partial charge < -0.3 is 15.8 Å². The van der Waals surface area contributed by atoms with E-state index in [1.807, 2.05) is 36.4 Å². The quantitative estimate of drug-likeness (QED) is 0.815. The Balaban J connectivity index is 2.19. The number of ether oxygens (including phenoxy) is 1. The van der Waals surface area contributed by atoms with Crippen molar-refractivity contribution in [2.75, 3.05) is 18.2 Å². The minimum Gasteiger partial charge on any atom is -0.496 e. The molecule has 2 aromatic carbocycles. The number of methoxy groups -OCH3 is 1. The highest BCUT2D eigenvalue weighted by atomic mass is 79.9. The maximum atomic E-state index is 6.19. The molecule has 100 valence electrons. The van der Waals surface area contributed by atoms with Crippen LogP contribution >= 0.6 is 27.5 Å². The molecule has 0 saturated heterocycles. The van der Waals surface area contributed by atoms with E-state index in [0.29, 0.717) is 17.3 Å². The van der Waals surface area contributed by atoms with Gasteiger partial charge in [0.15, 0.2) is 0 Å². The van der Waals surface area contributed by atoms with Gasteiger partial charge in [0.1, 0.15) is 5.75 Å². The number of rotatable bonds is 4. The summed E-state index contributed by atoms with van der Waals surface area (Å²) in [6.07, 6.45) is 0. The Hall–Kier alpha value is -1.39. The number of nitrogens with one attached hydrogen (secondary N) is 1. The second kappa shape index (κ2) is 6.17. The first-order chi connectivity index (χ1) is 9.11. The summed E-state index contributed by atoms with van der Waals surface area (Å²) in [6, 6.07) is 11.2. The van der Waals surface area contributed by atoms with Crippen molar-refractivity contribution in [3.8, 4) is 5.75 Å². The lowest BCUT2D eigenvalue weighted by atomic mass is 10.2. The van der Waals surface area contributed by atoms with Gasteiger partial charge in [-0.3, -0.25) is 0 Å². The molecule has 0 unspecified atom stereocenters. The summed E-state index contributed by atoms with van der Waals surface area (Å²) in [5.41, 5.74) is 8.30. The average molecular weight is 342 g/mol. The number of nitrogens with two attached hydrogens (primary N) is 1. The minimum absolute atomic E-state index is 0.575. The molecule has 0 radical (unpaired) electrons. The van der Waals surface area contributed by atoms with Crippen molar-refractivity contribution in [3.63, 3.8) is 0 Å². The van der Waals surface area contributed by atoms with E-state index >= 15 is 0 Å². The highest BCUT2D eigenvalue weighted by Crippen LogP contribution is 2.29. The molecule has 5 heteroatoms. The summed E-state index contributed by atoms with van der Waals surface area (Å²) in [6.45, 7) is 0.575. The molecule has 19 heavy (non-hydrogen) atoms. The van der Waals surface area contributed by atoms with Crippen molar-refractivity contribution >= 4 is 38.9 Å². The van der Waals surface area contributed by atoms with Crippen molar-refractivity contribution < 1.29 is 4.74 Å². The molecule has 2 aromatic rings. The normalized spacial score (nSPS) is 10.3. The molecule has 0 amide bonds. The molecule has 2 rings (SSSR count). The lowest BCUT2D eigenvalue weighted by Gasteiger charge is -2.13. The first-order valence-corrected chi connectivity index (χ1v) is 6.89. The second-order valence-corrected chi connectivity index (χ2v) is 5.28. The maximum Gasteiger partial charge on any atom is 0.125 e. The standard InChI is InChI=1S/C14H14BrClN2O/c1-19-14-4-2-3-12(16)10(14)8-18-13-6-5-9(17)7-11(13)15/h2-7,18H,8,17H2,1H3. The van der Waals surface area contributed by atoms with Crippen molar-refractivity contribution in [3.05, 3.63) is 51.5 Å². The van der Waals surface area contributed by atoms with Crippen LogP contribution in [0, 0.1) is 0 Å². The minimum atomic E-state index is 0.575. The van der Waals surface area contributed by atoms with E-state index in [0.717, 1.165) is 21.5 Å². The van der Waals surface area contributed by atoms with Crippen LogP contribution in [0.5, 0.6) is 5.75 Å². The predicted molar refractivity (Wildman–Crippen MR) is 83.9 cm³/mol. The van der Waals surface area contributed by atoms with E-state index < -0.39 is 0 Å². The molecule has 3 nitrogen and oxygen atoms in total. The van der Waals surface area contributed by atoms with Crippen LogP contribution in [0.25, 0.3) is 0 Å². The zero-order chi connectivity index (χ0) is 13.8. The van der Waals surface area contributed by atoms with E-state index in [1.54, 1.807) is 7.11 Å². The fraction of sp³-hybridized carbons (Fsp3) is 0.143. The number of benzene rings is 2. The predicted octanol–water partition coefficient (Wildman–Crippen LogP) is 4.31. The van der Waals surface area contributed by atoms with E-state index in [-0.39, 0.29) is 0 Å². The number of nitrogen functional groups attached to an aromatic ring is 1. The van der Waals surface area contributed by atoms with E-state index in [4.69, 9.17) is 22.1 Å². The first-order valence-electron chi connectivity index (χ1n) is 5.72. The first kappa shape index (κ1) is 14.0. The molecule has 0 atom stereocenters. The highest BCUT2D eigenvalue weighted by molar-refractivity contribution is 9.10. The van der Waals surface area contributed by atoms with Gasteiger partial charge in [-0.25, -0.2) is 0 Å². The van der Waals surface area contributed by atoms with Gasteiger partial charge in [-0.2, -0.15) is 0 Å². The lowest BCUT2D eigenvalue weighted by molar-refractivity contribution is 0.410. The van der Waals surface area contributed by atoms with Gasteiger partial charge in [-0.15, -0.1) is 0 Å². The van der Waals surface area contributed by atoms with Gasteiger partial charge in [0.2, 0.25) is 0 Å². The molecule has 0 heterocycles. The molecule has 0 fully saturated rings. The van der Waals surface area contributed by atoms with Gasteiger partial charge in [0, 0.05) is 33.0 Å². The van der Waals surface area contributed by atoms with E-state index in [1.165, 1.54) is 0 Å². The molecule has 0 aliphatic rings. The van der Waals surface area contributed by atoms with Gasteiger partial charge in [-0.1, -0.05) is 17.7 Å². The Labute approximate surface area is 125 Å². The summed E-state index contributed by atoms with van der Waals surface area (Å²) in [5.74, 6) is 0.770. The average Bonchev–Trinajstić information content (AvgIpc) is 2.39. The van der Waals surface area contributed by atoms with E-state index in [2.05, 4.69) is 21.2 Å². The molecule has 0 aliphatic heterocycles. The summed E-state index contributed by atoms with van der Waals surface area (Å²) in [4.78, 5) is 0. The third-order valence-electron chi connectivity index (χ3n) is 2.74. The molecule has 0 spiro atoms. The Morgan fingerprint density at radius 2 is 2.11 bits per heavy atom. The van der Waals surface area contributed by atoms with Crippen molar-refractivity contribution in [1.82, 2.24) is 0 Å². The van der Waals surface area contributed by atoms with Gasteiger partial charge in [0.25, 0.3) is 0 Å². The van der Waals surface area contributed by atoms with Crippen LogP contribution < -0.4 is 15.8 Å². The molecular formula is C14H14BrClN2O. The Kier molecular flexibility index (Phi) is 4.56. The summed E-state index contributed by atoms with van der Waals surface area (Å²) >= 11 is 9.66. The molecule has 0 bridgehead atoms. The largest absolute Gasteiger partial charge is 0.496 e. The van der Waals surface area contributed by atoms with Crippen LogP contribution in [0.4, 0.5) is 11.4 Å². The lowest BCUT2D eigenvalue weighted by Crippen LogP contribution is -2.03. The van der Waals surface area contributed by atoms with Gasteiger partial charge in [0.05, 0.1) is 7.11 Å². The summed E-state index contributed by atoms with van der Waals surface area (Å²) in [5, 5.41) is 3.98. The van der Waals surface area contributed by atoms with Crippen LogP contribution in [0.15, 0.2) is 40.9 Å². The fourth-order valence-electron chi connectivity index (χ4n) is 1.76. The third-order valence-corrected chi connectivity index (χ3v) is 3.75. The van der Waals surface area contributed by atoms with Crippen LogP contribution in [0.3, 0.4) is 0 Å². The third kappa shape index (κ3) is 3.33. The van der Waals surface area contributed by atoms with Crippen molar-refractivity contribution in [2.45, 2.75) is 6.54 Å². The fourth-order valence-corrected chi connectivity index (χ4v) is 2.53. The van der Waals surface area contributed by atoms with Crippen molar-refractivity contribution in [1.29, 1.82) is 0 Å². The number of halogens is 2. The highest BCUT2D eigenvalue weighted by Gasteiger charge is 2.08. The number of hydrogen-bond acceptors (Lipinski definition) is 3. The van der Waals surface area contributed by atoms with Gasteiger partial charge in [-0.05, 0) is 46.3 Å². The van der Waals surface area contributed by atoms with Crippen LogP contribution in [-0.4, -0.2) is 7.11 Å². The molecule has 0 saturated carbocycles. The number of anilines is 2. The van der Waals surface area contributed by atoms with Crippen molar-refractivity contribution in [2.24, 2.45) is 0 Å². The summed E-state index contributed by atoms with van der Waals surface area (Å²) < 4.78 is 6.22. The van der Waals surface area contributed by atoms with Crippen LogP contribution in [-0.2, 0) is 6.54 Å². The zero-order valence-corrected chi connectivity index (χ0v) is 12.8. The molecule has 3 N–H and O–H groups in total. The zero-order valence-electron chi connectivity index (χ0n) is 10.4. The molecule has 0 aromatic heterocycles. The Bertz CT molecular complexity index is 590.